The fraction of sp³-hybridized carbons (Fsp3) is 0.714. The van der Waals surface area contributed by atoms with Crippen LogP contribution in [-0.4, -0.2) is 24.6 Å². The molecule has 4 nitrogen and oxygen atoms in total. The monoisotopic (exact) mass is 160 g/mol. The summed E-state index contributed by atoms with van der Waals surface area (Å²) in [6, 6.07) is 0. The third-order valence-corrected chi connectivity index (χ3v) is 0.919. The van der Waals surface area contributed by atoms with Crippen LogP contribution in [0, 0.1) is 0 Å². The van der Waals surface area contributed by atoms with Crippen molar-refractivity contribution in [1.29, 1.82) is 0 Å². The van der Waals surface area contributed by atoms with Crippen LogP contribution in [0.15, 0.2) is 0 Å². The summed E-state index contributed by atoms with van der Waals surface area (Å²) >= 11 is 0. The number of hydrogen-bond donors (Lipinski definition) is 0. The first-order valence-electron chi connectivity index (χ1n) is 3.23. The summed E-state index contributed by atoms with van der Waals surface area (Å²) in [6.45, 7) is 5.04. The van der Waals surface area contributed by atoms with E-state index in [2.05, 4.69) is 4.74 Å². The summed E-state index contributed by atoms with van der Waals surface area (Å²) in [7, 11) is 0. The molecule has 0 saturated heterocycles. The lowest BCUT2D eigenvalue weighted by Crippen LogP contribution is -2.32. The highest BCUT2D eigenvalue weighted by atomic mass is 16.6. The Morgan fingerprint density at radius 3 is 2.45 bits per heavy atom. The normalized spacial score (nSPS) is 10.5. The van der Waals surface area contributed by atoms with Gasteiger partial charge in [0.05, 0.1) is 0 Å². The van der Waals surface area contributed by atoms with E-state index in [9.17, 15) is 9.59 Å². The molecule has 0 aromatic carbocycles. The summed E-state index contributed by atoms with van der Waals surface area (Å²) in [5.74, 6) is -0.385. The molecule has 0 spiro atoms. The first kappa shape index (κ1) is 9.94. The third-order valence-electron chi connectivity index (χ3n) is 0.919. The predicted octanol–water partition coefficient (Wildman–Crippen LogP) is 0.501. The van der Waals surface area contributed by atoms with E-state index in [1.54, 1.807) is 13.8 Å². The smallest absolute Gasteiger partial charge is 0.303 e. The maximum absolute atomic E-state index is 10.5. The number of rotatable bonds is 4. The minimum absolute atomic E-state index is 0.0794. The predicted molar refractivity (Wildman–Crippen MR) is 37.9 cm³/mol. The van der Waals surface area contributed by atoms with Crippen molar-refractivity contribution in [3.63, 3.8) is 0 Å². The molecule has 0 saturated carbocycles. The van der Waals surface area contributed by atoms with Crippen LogP contribution in [0.25, 0.3) is 0 Å². The molecule has 0 aromatic rings. The fourth-order valence-electron chi connectivity index (χ4n) is 0.653. The van der Waals surface area contributed by atoms with Gasteiger partial charge in [-0.3, -0.25) is 9.59 Å². The highest BCUT2D eigenvalue weighted by Crippen LogP contribution is 2.08. The van der Waals surface area contributed by atoms with Gasteiger partial charge in [-0.1, -0.05) is 0 Å². The van der Waals surface area contributed by atoms with Gasteiger partial charge in [0, 0.05) is 6.92 Å². The minimum atomic E-state index is -0.729. The Morgan fingerprint density at radius 1 is 1.55 bits per heavy atom. The van der Waals surface area contributed by atoms with E-state index in [1.807, 2.05) is 0 Å². The lowest BCUT2D eigenvalue weighted by Gasteiger charge is -2.22. The lowest BCUT2D eigenvalue weighted by molar-refractivity contribution is -0.161. The van der Waals surface area contributed by atoms with E-state index >= 15 is 0 Å². The molecule has 0 atom stereocenters. The Hall–Kier alpha value is -1.06. The van der Waals surface area contributed by atoms with Crippen LogP contribution in [0.1, 0.15) is 20.8 Å². The van der Waals surface area contributed by atoms with Gasteiger partial charge in [-0.2, -0.15) is 0 Å². The summed E-state index contributed by atoms with van der Waals surface area (Å²) in [4.78, 5) is 20.2. The second-order valence-corrected chi connectivity index (χ2v) is 2.76. The molecular weight excluding hydrogens is 148 g/mol. The first-order valence-corrected chi connectivity index (χ1v) is 3.23. The Kier molecular flexibility index (Phi) is 3.57. The molecule has 0 unspecified atom stereocenters. The molecule has 0 radical (unpaired) electrons. The summed E-state index contributed by atoms with van der Waals surface area (Å²) in [6.07, 6.45) is 0. The highest BCUT2D eigenvalue weighted by Gasteiger charge is 2.21. The van der Waals surface area contributed by atoms with Gasteiger partial charge in [-0.15, -0.1) is 0 Å². The zero-order valence-corrected chi connectivity index (χ0v) is 6.92. The van der Waals surface area contributed by atoms with Crippen LogP contribution in [0.4, 0.5) is 0 Å². The molecule has 11 heavy (non-hydrogen) atoms. The molecule has 0 aromatic heterocycles. The molecular formula is C7H12O4. The number of hydrogen-bond acceptors (Lipinski definition) is 4. The second kappa shape index (κ2) is 3.95. The van der Waals surface area contributed by atoms with Crippen molar-refractivity contribution in [3.8, 4) is 0 Å². The largest absolute Gasteiger partial charge is 0.464 e. The zero-order valence-electron chi connectivity index (χ0n) is 6.92. The molecule has 0 rings (SSSR count). The van der Waals surface area contributed by atoms with Crippen LogP contribution in [0.5, 0.6) is 0 Å². The lowest BCUT2D eigenvalue weighted by atomic mass is 10.1. The average molecular weight is 160 g/mol. The van der Waals surface area contributed by atoms with Crippen LogP contribution >= 0.6 is 0 Å². The zero-order chi connectivity index (χ0) is 8.91. The van der Waals surface area contributed by atoms with Gasteiger partial charge < -0.3 is 9.47 Å². The van der Waals surface area contributed by atoms with Gasteiger partial charge in [-0.05, 0) is 13.8 Å². The van der Waals surface area contributed by atoms with E-state index in [0.29, 0.717) is 6.47 Å². The molecule has 0 aliphatic carbocycles. The number of esters is 1. The van der Waals surface area contributed by atoms with Gasteiger partial charge in [0.2, 0.25) is 0 Å². The highest BCUT2D eigenvalue weighted by molar-refractivity contribution is 5.66. The molecule has 64 valence electrons. The van der Waals surface area contributed by atoms with Crippen molar-refractivity contribution in [1.82, 2.24) is 0 Å². The van der Waals surface area contributed by atoms with Crippen molar-refractivity contribution in [3.05, 3.63) is 0 Å². The topological polar surface area (TPSA) is 52.6 Å². The Labute approximate surface area is 65.5 Å². The molecule has 0 heterocycles. The van der Waals surface area contributed by atoms with Crippen LogP contribution in [-0.2, 0) is 19.1 Å². The maximum Gasteiger partial charge on any atom is 0.303 e. The van der Waals surface area contributed by atoms with E-state index in [0.717, 1.165) is 0 Å². The quantitative estimate of drug-likeness (QED) is 0.444. The SMILES string of the molecule is CC(=O)OC(C)(C)COC=O. The standard InChI is InChI=1S/C7H12O4/c1-6(9)11-7(2,3)4-10-5-8/h5H,4H2,1-3H3. The molecule has 0 bridgehead atoms. The minimum Gasteiger partial charge on any atom is -0.464 e. The van der Waals surface area contributed by atoms with E-state index < -0.39 is 5.60 Å². The average Bonchev–Trinajstić information content (AvgIpc) is 1.81. The van der Waals surface area contributed by atoms with Crippen LogP contribution in [0.2, 0.25) is 0 Å². The van der Waals surface area contributed by atoms with Crippen LogP contribution in [0.3, 0.4) is 0 Å². The third kappa shape index (κ3) is 5.39. The number of carbonyl (C=O) groups is 2. The number of carbonyl (C=O) groups excluding carboxylic acids is 2. The Morgan fingerprint density at radius 2 is 2.09 bits per heavy atom. The van der Waals surface area contributed by atoms with Gasteiger partial charge in [0.25, 0.3) is 6.47 Å². The Bertz CT molecular complexity index is 151. The van der Waals surface area contributed by atoms with Gasteiger partial charge in [0.15, 0.2) is 0 Å². The summed E-state index contributed by atoms with van der Waals surface area (Å²) < 4.78 is 9.26. The molecule has 0 fully saturated rings. The van der Waals surface area contributed by atoms with Gasteiger partial charge in [0.1, 0.15) is 12.2 Å². The second-order valence-electron chi connectivity index (χ2n) is 2.76. The van der Waals surface area contributed by atoms with Gasteiger partial charge >= 0.3 is 5.97 Å². The summed E-state index contributed by atoms with van der Waals surface area (Å²) in [5.41, 5.74) is -0.729. The van der Waals surface area contributed by atoms with Crippen molar-refractivity contribution in [2.75, 3.05) is 6.61 Å². The molecule has 0 aliphatic rings. The van der Waals surface area contributed by atoms with Crippen LogP contribution < -0.4 is 0 Å². The van der Waals surface area contributed by atoms with Crippen molar-refractivity contribution >= 4 is 12.4 Å². The van der Waals surface area contributed by atoms with Crippen molar-refractivity contribution in [2.45, 2.75) is 26.4 Å². The Balaban J connectivity index is 3.78. The van der Waals surface area contributed by atoms with E-state index in [1.165, 1.54) is 6.92 Å². The van der Waals surface area contributed by atoms with E-state index in [4.69, 9.17) is 4.74 Å². The molecule has 0 amide bonds. The molecule has 0 N–H and O–H groups in total. The molecule has 4 heteroatoms. The van der Waals surface area contributed by atoms with Crippen molar-refractivity contribution < 1.29 is 19.1 Å². The molecule has 0 aliphatic heterocycles. The first-order chi connectivity index (χ1) is 4.98. The summed E-state index contributed by atoms with van der Waals surface area (Å²) in [5, 5.41) is 0. The van der Waals surface area contributed by atoms with E-state index in [-0.39, 0.29) is 12.6 Å². The maximum atomic E-state index is 10.5. The fourth-order valence-corrected chi connectivity index (χ4v) is 0.653. The van der Waals surface area contributed by atoms with Crippen molar-refractivity contribution in [2.24, 2.45) is 0 Å². The van der Waals surface area contributed by atoms with Gasteiger partial charge in [-0.25, -0.2) is 0 Å². The number of ether oxygens (including phenoxy) is 2.